The molecular weight excluding hydrogens is 360 g/mol. The van der Waals surface area contributed by atoms with Crippen molar-refractivity contribution in [1.29, 1.82) is 0 Å². The SMILES string of the molecule is CCOC(C=CC=CC(CC(OCC)OCC)OCC)CC(OCC)OCC. The fraction of sp³-hybridized carbons (Fsp3) is 0.818. The van der Waals surface area contributed by atoms with Crippen LogP contribution in [0.4, 0.5) is 0 Å². The average Bonchev–Trinajstić information content (AvgIpc) is 2.66. The van der Waals surface area contributed by atoms with E-state index in [9.17, 15) is 0 Å². The van der Waals surface area contributed by atoms with Crippen LogP contribution in [-0.4, -0.2) is 64.4 Å². The summed E-state index contributed by atoms with van der Waals surface area (Å²) in [5.41, 5.74) is 0. The highest BCUT2D eigenvalue weighted by Crippen LogP contribution is 2.12. The summed E-state index contributed by atoms with van der Waals surface area (Å²) in [5.74, 6) is 0. The van der Waals surface area contributed by atoms with Crippen molar-refractivity contribution in [1.82, 2.24) is 0 Å². The summed E-state index contributed by atoms with van der Waals surface area (Å²) in [6.45, 7) is 15.6. The summed E-state index contributed by atoms with van der Waals surface area (Å²) in [5, 5.41) is 0. The van der Waals surface area contributed by atoms with Crippen LogP contribution in [0.15, 0.2) is 24.3 Å². The second-order valence-electron chi connectivity index (χ2n) is 5.91. The van der Waals surface area contributed by atoms with Gasteiger partial charge >= 0.3 is 0 Å². The van der Waals surface area contributed by atoms with Crippen molar-refractivity contribution in [3.63, 3.8) is 0 Å². The van der Waals surface area contributed by atoms with Gasteiger partial charge in [0.25, 0.3) is 0 Å². The van der Waals surface area contributed by atoms with Gasteiger partial charge in [0.05, 0.1) is 12.2 Å². The van der Waals surface area contributed by atoms with Crippen LogP contribution in [0.2, 0.25) is 0 Å². The lowest BCUT2D eigenvalue weighted by molar-refractivity contribution is -0.153. The van der Waals surface area contributed by atoms with Crippen LogP contribution < -0.4 is 0 Å². The average molecular weight is 403 g/mol. The van der Waals surface area contributed by atoms with Crippen LogP contribution in [0.25, 0.3) is 0 Å². The predicted octanol–water partition coefficient (Wildman–Crippen LogP) is 4.49. The van der Waals surface area contributed by atoms with Crippen molar-refractivity contribution >= 4 is 0 Å². The molecule has 0 saturated carbocycles. The smallest absolute Gasteiger partial charge is 0.160 e. The minimum Gasteiger partial charge on any atom is -0.374 e. The van der Waals surface area contributed by atoms with Gasteiger partial charge < -0.3 is 28.4 Å². The highest BCUT2D eigenvalue weighted by atomic mass is 16.7. The largest absolute Gasteiger partial charge is 0.374 e. The van der Waals surface area contributed by atoms with Crippen molar-refractivity contribution in [2.24, 2.45) is 0 Å². The molecule has 0 fully saturated rings. The fourth-order valence-corrected chi connectivity index (χ4v) is 2.70. The summed E-state index contributed by atoms with van der Waals surface area (Å²) < 4.78 is 34.1. The number of ether oxygens (including phenoxy) is 6. The molecule has 0 aliphatic heterocycles. The van der Waals surface area contributed by atoms with Crippen molar-refractivity contribution < 1.29 is 28.4 Å². The molecule has 2 atom stereocenters. The summed E-state index contributed by atoms with van der Waals surface area (Å²) in [4.78, 5) is 0. The second-order valence-corrected chi connectivity index (χ2v) is 5.91. The first-order chi connectivity index (χ1) is 13.6. The molecule has 0 aliphatic rings. The zero-order chi connectivity index (χ0) is 21.0. The highest BCUT2D eigenvalue weighted by molar-refractivity contribution is 5.07. The molecule has 0 aromatic carbocycles. The summed E-state index contributed by atoms with van der Waals surface area (Å²) in [7, 11) is 0. The molecule has 0 aliphatic carbocycles. The van der Waals surface area contributed by atoms with Gasteiger partial charge in [-0.3, -0.25) is 0 Å². The lowest BCUT2D eigenvalue weighted by Crippen LogP contribution is -2.25. The number of rotatable bonds is 19. The van der Waals surface area contributed by atoms with Crippen molar-refractivity contribution in [2.75, 3.05) is 39.6 Å². The molecule has 2 unspecified atom stereocenters. The minimum absolute atomic E-state index is 0.0668. The first-order valence-electron chi connectivity index (χ1n) is 10.7. The van der Waals surface area contributed by atoms with Gasteiger partial charge in [-0.2, -0.15) is 0 Å². The van der Waals surface area contributed by atoms with Crippen LogP contribution in [0.3, 0.4) is 0 Å². The Morgan fingerprint density at radius 3 is 1.00 bits per heavy atom. The Morgan fingerprint density at radius 2 is 0.750 bits per heavy atom. The van der Waals surface area contributed by atoms with Crippen molar-refractivity contribution in [3.8, 4) is 0 Å². The number of allylic oxidation sites excluding steroid dienone is 2. The van der Waals surface area contributed by atoms with Gasteiger partial charge in [0.2, 0.25) is 0 Å². The third-order valence-electron chi connectivity index (χ3n) is 3.78. The quantitative estimate of drug-likeness (QED) is 0.234. The Kier molecular flexibility index (Phi) is 19.0. The molecule has 0 amide bonds. The molecule has 6 heteroatoms. The van der Waals surface area contributed by atoms with Crippen LogP contribution in [0, 0.1) is 0 Å². The third-order valence-corrected chi connectivity index (χ3v) is 3.78. The lowest BCUT2D eigenvalue weighted by Gasteiger charge is -2.21. The first-order valence-corrected chi connectivity index (χ1v) is 10.7. The van der Waals surface area contributed by atoms with Gasteiger partial charge in [0.1, 0.15) is 0 Å². The van der Waals surface area contributed by atoms with Crippen molar-refractivity contribution in [3.05, 3.63) is 24.3 Å². The van der Waals surface area contributed by atoms with E-state index in [4.69, 9.17) is 28.4 Å². The molecule has 0 saturated heterocycles. The van der Waals surface area contributed by atoms with E-state index in [-0.39, 0.29) is 24.8 Å². The molecule has 28 heavy (non-hydrogen) atoms. The Hall–Kier alpha value is -0.760. The topological polar surface area (TPSA) is 55.4 Å². The Balaban J connectivity index is 4.80. The van der Waals surface area contributed by atoms with E-state index >= 15 is 0 Å². The maximum atomic E-state index is 5.80. The van der Waals surface area contributed by atoms with E-state index in [0.717, 1.165) is 0 Å². The van der Waals surface area contributed by atoms with Crippen LogP contribution in [0.1, 0.15) is 54.4 Å². The molecule has 0 rings (SSSR count). The molecule has 0 N–H and O–H groups in total. The van der Waals surface area contributed by atoms with Crippen LogP contribution in [-0.2, 0) is 28.4 Å². The first kappa shape index (κ1) is 27.2. The minimum atomic E-state index is -0.255. The predicted molar refractivity (Wildman–Crippen MR) is 112 cm³/mol. The normalized spacial score (nSPS) is 14.7. The summed E-state index contributed by atoms with van der Waals surface area (Å²) >= 11 is 0. The maximum absolute atomic E-state index is 5.80. The number of hydrogen-bond donors (Lipinski definition) is 0. The van der Waals surface area contributed by atoms with Crippen molar-refractivity contribution in [2.45, 2.75) is 79.2 Å². The Morgan fingerprint density at radius 1 is 0.464 bits per heavy atom. The maximum Gasteiger partial charge on any atom is 0.160 e. The molecule has 0 aromatic rings. The highest BCUT2D eigenvalue weighted by Gasteiger charge is 2.16. The van der Waals surface area contributed by atoms with E-state index < -0.39 is 0 Å². The van der Waals surface area contributed by atoms with Gasteiger partial charge in [-0.1, -0.05) is 24.3 Å². The molecule has 0 aromatic heterocycles. The van der Waals surface area contributed by atoms with Crippen LogP contribution >= 0.6 is 0 Å². The third kappa shape index (κ3) is 14.3. The molecule has 0 spiro atoms. The molecule has 0 heterocycles. The standard InChI is InChI=1S/C22H42O6/c1-7-23-19(17-21(25-9-3)26-10-4)15-13-14-16-20(24-8-2)18-22(27-11-5)28-12-6/h13-16,19-22H,7-12,17-18H2,1-6H3. The molecule has 0 bridgehead atoms. The van der Waals surface area contributed by atoms with Gasteiger partial charge in [-0.25, -0.2) is 0 Å². The lowest BCUT2D eigenvalue weighted by atomic mass is 10.2. The second kappa shape index (κ2) is 19.6. The van der Waals surface area contributed by atoms with E-state index in [0.29, 0.717) is 52.5 Å². The van der Waals surface area contributed by atoms with E-state index in [1.165, 1.54) is 0 Å². The monoisotopic (exact) mass is 402 g/mol. The van der Waals surface area contributed by atoms with Gasteiger partial charge in [0, 0.05) is 52.5 Å². The van der Waals surface area contributed by atoms with E-state index in [1.807, 2.05) is 65.8 Å². The molecular formula is C22H42O6. The Bertz CT molecular complexity index is 337. The zero-order valence-corrected chi connectivity index (χ0v) is 18.7. The van der Waals surface area contributed by atoms with Gasteiger partial charge in [-0.05, 0) is 41.5 Å². The van der Waals surface area contributed by atoms with Crippen LogP contribution in [0.5, 0.6) is 0 Å². The zero-order valence-electron chi connectivity index (χ0n) is 18.7. The van der Waals surface area contributed by atoms with Gasteiger partial charge in [0.15, 0.2) is 12.6 Å². The molecule has 6 nitrogen and oxygen atoms in total. The summed E-state index contributed by atoms with van der Waals surface area (Å²) in [6.07, 6.45) is 8.69. The molecule has 0 radical (unpaired) electrons. The summed E-state index contributed by atoms with van der Waals surface area (Å²) in [6, 6.07) is 0. The molecule has 166 valence electrons. The fourth-order valence-electron chi connectivity index (χ4n) is 2.70. The van der Waals surface area contributed by atoms with E-state index in [2.05, 4.69) is 0 Å². The Labute approximate surface area is 172 Å². The number of hydrogen-bond acceptors (Lipinski definition) is 6. The van der Waals surface area contributed by atoms with Gasteiger partial charge in [-0.15, -0.1) is 0 Å². The van der Waals surface area contributed by atoms with E-state index in [1.54, 1.807) is 0 Å².